The summed E-state index contributed by atoms with van der Waals surface area (Å²) in [6.07, 6.45) is 3.22. The standard InChI is InChI=1S/C13H12N4O/c14-6-11-1-2-13(8-17-11)18-9-10-3-4-16-12(5-10)7-15/h1-5,8H,6,9,14H2. The average molecular weight is 240 g/mol. The van der Waals surface area contributed by atoms with Gasteiger partial charge in [-0.2, -0.15) is 5.26 Å². The summed E-state index contributed by atoms with van der Waals surface area (Å²) in [5.41, 5.74) is 7.55. The minimum atomic E-state index is 0.376. The lowest BCUT2D eigenvalue weighted by molar-refractivity contribution is 0.304. The molecule has 0 aromatic carbocycles. The predicted molar refractivity (Wildman–Crippen MR) is 65.4 cm³/mol. The Kier molecular flexibility index (Phi) is 3.84. The average Bonchev–Trinajstić information content (AvgIpc) is 2.46. The molecule has 0 fully saturated rings. The van der Waals surface area contributed by atoms with Gasteiger partial charge < -0.3 is 10.5 Å². The molecule has 2 N–H and O–H groups in total. The van der Waals surface area contributed by atoms with Crippen molar-refractivity contribution in [2.24, 2.45) is 5.73 Å². The molecule has 2 heterocycles. The molecular weight excluding hydrogens is 228 g/mol. The number of hydrogen-bond donors (Lipinski definition) is 1. The minimum absolute atomic E-state index is 0.376. The van der Waals surface area contributed by atoms with Gasteiger partial charge in [0.2, 0.25) is 0 Å². The molecule has 5 nitrogen and oxygen atoms in total. The fraction of sp³-hybridized carbons (Fsp3) is 0.154. The number of pyridine rings is 2. The molecule has 0 saturated carbocycles. The largest absolute Gasteiger partial charge is 0.487 e. The van der Waals surface area contributed by atoms with Crippen LogP contribution in [-0.4, -0.2) is 9.97 Å². The monoisotopic (exact) mass is 240 g/mol. The van der Waals surface area contributed by atoms with Crippen LogP contribution in [-0.2, 0) is 13.2 Å². The summed E-state index contributed by atoms with van der Waals surface area (Å²) >= 11 is 0. The Labute approximate surface area is 105 Å². The van der Waals surface area contributed by atoms with E-state index in [1.807, 2.05) is 24.3 Å². The number of nitriles is 1. The Morgan fingerprint density at radius 2 is 2.17 bits per heavy atom. The van der Waals surface area contributed by atoms with Crippen LogP contribution in [0.1, 0.15) is 17.0 Å². The third-order valence-corrected chi connectivity index (χ3v) is 2.35. The summed E-state index contributed by atoms with van der Waals surface area (Å²) in [5, 5.41) is 8.73. The van der Waals surface area contributed by atoms with Gasteiger partial charge in [-0.3, -0.25) is 4.98 Å². The number of hydrogen-bond acceptors (Lipinski definition) is 5. The van der Waals surface area contributed by atoms with E-state index in [2.05, 4.69) is 9.97 Å². The zero-order valence-corrected chi connectivity index (χ0v) is 9.71. The van der Waals surface area contributed by atoms with Gasteiger partial charge in [0.05, 0.1) is 11.9 Å². The smallest absolute Gasteiger partial charge is 0.140 e. The molecule has 0 saturated heterocycles. The van der Waals surface area contributed by atoms with E-state index in [0.29, 0.717) is 24.6 Å². The summed E-state index contributed by atoms with van der Waals surface area (Å²) in [6, 6.07) is 9.13. The fourth-order valence-corrected chi connectivity index (χ4v) is 1.41. The molecule has 90 valence electrons. The van der Waals surface area contributed by atoms with Gasteiger partial charge in [0, 0.05) is 12.7 Å². The van der Waals surface area contributed by atoms with Crippen LogP contribution in [0.3, 0.4) is 0 Å². The highest BCUT2D eigenvalue weighted by Gasteiger charge is 1.99. The fourth-order valence-electron chi connectivity index (χ4n) is 1.41. The summed E-state index contributed by atoms with van der Waals surface area (Å²) in [5.74, 6) is 0.669. The van der Waals surface area contributed by atoms with E-state index in [4.69, 9.17) is 15.7 Å². The number of aromatic nitrogens is 2. The number of nitrogens with zero attached hydrogens (tertiary/aromatic N) is 3. The summed E-state index contributed by atoms with van der Waals surface area (Å²) < 4.78 is 5.55. The maximum absolute atomic E-state index is 8.73. The SMILES string of the molecule is N#Cc1cc(COc2ccc(CN)nc2)ccn1. The third-order valence-electron chi connectivity index (χ3n) is 2.35. The van der Waals surface area contributed by atoms with Crippen LogP contribution in [0.15, 0.2) is 36.7 Å². The Hall–Kier alpha value is -2.45. The van der Waals surface area contributed by atoms with Crippen LogP contribution in [0, 0.1) is 11.3 Å². The third kappa shape index (κ3) is 3.03. The first kappa shape index (κ1) is 12.0. The van der Waals surface area contributed by atoms with Crippen LogP contribution in [0.4, 0.5) is 0 Å². The van der Waals surface area contributed by atoms with Gasteiger partial charge in [-0.25, -0.2) is 4.98 Å². The van der Waals surface area contributed by atoms with Crippen molar-refractivity contribution in [1.82, 2.24) is 9.97 Å². The van der Waals surface area contributed by atoms with Crippen molar-refractivity contribution in [2.75, 3.05) is 0 Å². The highest BCUT2D eigenvalue weighted by Crippen LogP contribution is 2.12. The van der Waals surface area contributed by atoms with Gasteiger partial charge in [0.15, 0.2) is 0 Å². The first-order chi connectivity index (χ1) is 8.81. The van der Waals surface area contributed by atoms with E-state index in [1.165, 1.54) is 0 Å². The number of nitrogens with two attached hydrogens (primary N) is 1. The molecule has 0 radical (unpaired) electrons. The van der Waals surface area contributed by atoms with Gasteiger partial charge in [0.25, 0.3) is 0 Å². The van der Waals surface area contributed by atoms with Crippen molar-refractivity contribution in [3.05, 3.63) is 53.6 Å². The molecule has 0 amide bonds. The van der Waals surface area contributed by atoms with Crippen molar-refractivity contribution < 1.29 is 4.74 Å². The molecular formula is C13H12N4O. The second-order valence-electron chi connectivity index (χ2n) is 3.64. The first-order valence-electron chi connectivity index (χ1n) is 5.44. The van der Waals surface area contributed by atoms with Crippen LogP contribution >= 0.6 is 0 Å². The topological polar surface area (TPSA) is 84.8 Å². The Morgan fingerprint density at radius 3 is 2.83 bits per heavy atom. The lowest BCUT2D eigenvalue weighted by atomic mass is 10.2. The van der Waals surface area contributed by atoms with Gasteiger partial charge >= 0.3 is 0 Å². The van der Waals surface area contributed by atoms with Gasteiger partial charge in [0.1, 0.15) is 24.1 Å². The predicted octanol–water partition coefficient (Wildman–Crippen LogP) is 1.39. The van der Waals surface area contributed by atoms with Crippen molar-refractivity contribution in [1.29, 1.82) is 5.26 Å². The lowest BCUT2D eigenvalue weighted by Gasteiger charge is -2.06. The van der Waals surface area contributed by atoms with E-state index >= 15 is 0 Å². The zero-order valence-electron chi connectivity index (χ0n) is 9.71. The molecule has 0 unspecified atom stereocenters. The molecule has 0 bridgehead atoms. The Balaban J connectivity index is 2.00. The van der Waals surface area contributed by atoms with Crippen LogP contribution < -0.4 is 10.5 Å². The van der Waals surface area contributed by atoms with Crippen molar-refractivity contribution in [2.45, 2.75) is 13.2 Å². The summed E-state index contributed by atoms with van der Waals surface area (Å²) in [7, 11) is 0. The Bertz CT molecular complexity index is 560. The molecule has 2 aromatic heterocycles. The summed E-state index contributed by atoms with van der Waals surface area (Å²) in [4.78, 5) is 8.02. The molecule has 2 rings (SSSR count). The first-order valence-corrected chi connectivity index (χ1v) is 5.44. The number of rotatable bonds is 4. The second-order valence-corrected chi connectivity index (χ2v) is 3.64. The quantitative estimate of drug-likeness (QED) is 0.872. The van der Waals surface area contributed by atoms with Crippen LogP contribution in [0.2, 0.25) is 0 Å². The maximum Gasteiger partial charge on any atom is 0.140 e. The highest BCUT2D eigenvalue weighted by atomic mass is 16.5. The maximum atomic E-state index is 8.73. The molecule has 0 aliphatic rings. The van der Waals surface area contributed by atoms with Crippen molar-refractivity contribution in [3.63, 3.8) is 0 Å². The van der Waals surface area contributed by atoms with E-state index in [9.17, 15) is 0 Å². The van der Waals surface area contributed by atoms with Gasteiger partial charge in [-0.05, 0) is 29.8 Å². The molecule has 18 heavy (non-hydrogen) atoms. The molecule has 0 atom stereocenters. The lowest BCUT2D eigenvalue weighted by Crippen LogP contribution is -2.00. The Morgan fingerprint density at radius 1 is 1.28 bits per heavy atom. The minimum Gasteiger partial charge on any atom is -0.487 e. The molecule has 5 heteroatoms. The van der Waals surface area contributed by atoms with E-state index in [1.54, 1.807) is 18.5 Å². The zero-order chi connectivity index (χ0) is 12.8. The van der Waals surface area contributed by atoms with E-state index < -0.39 is 0 Å². The normalized spacial score (nSPS) is 9.78. The molecule has 2 aromatic rings. The second kappa shape index (κ2) is 5.75. The highest BCUT2D eigenvalue weighted by molar-refractivity contribution is 5.26. The molecule has 0 aliphatic carbocycles. The number of ether oxygens (including phenoxy) is 1. The van der Waals surface area contributed by atoms with Crippen molar-refractivity contribution >= 4 is 0 Å². The van der Waals surface area contributed by atoms with E-state index in [0.717, 1.165) is 11.3 Å². The van der Waals surface area contributed by atoms with Crippen LogP contribution in [0.25, 0.3) is 0 Å². The van der Waals surface area contributed by atoms with Crippen molar-refractivity contribution in [3.8, 4) is 11.8 Å². The van der Waals surface area contributed by atoms with Gasteiger partial charge in [-0.1, -0.05) is 0 Å². The molecule has 0 aliphatic heterocycles. The van der Waals surface area contributed by atoms with Crippen LogP contribution in [0.5, 0.6) is 5.75 Å². The van der Waals surface area contributed by atoms with Gasteiger partial charge in [-0.15, -0.1) is 0 Å². The summed E-state index contributed by atoms with van der Waals surface area (Å²) in [6.45, 7) is 0.789. The van der Waals surface area contributed by atoms with E-state index in [-0.39, 0.29) is 0 Å². The molecule has 0 spiro atoms.